The summed E-state index contributed by atoms with van der Waals surface area (Å²) >= 11 is 0. The molecule has 1 aliphatic heterocycles. The minimum Gasteiger partial charge on any atom is -0.381 e. The van der Waals surface area contributed by atoms with Gasteiger partial charge < -0.3 is 9.64 Å². The quantitative estimate of drug-likeness (QED) is 0.772. The average Bonchev–Trinajstić information content (AvgIpc) is 2.55. The predicted octanol–water partition coefficient (Wildman–Crippen LogP) is 3.42. The molecule has 1 unspecified atom stereocenters. The van der Waals surface area contributed by atoms with Gasteiger partial charge >= 0.3 is 0 Å². The lowest BCUT2D eigenvalue weighted by molar-refractivity contribution is -0.133. The maximum atomic E-state index is 13.5. The largest absolute Gasteiger partial charge is 0.381 e. The van der Waals surface area contributed by atoms with Crippen molar-refractivity contribution in [3.05, 3.63) is 35.6 Å². The van der Waals surface area contributed by atoms with Gasteiger partial charge in [-0.15, -0.1) is 0 Å². The molecule has 0 N–H and O–H groups in total. The third kappa shape index (κ3) is 5.09. The predicted molar refractivity (Wildman–Crippen MR) is 85.1 cm³/mol. The van der Waals surface area contributed by atoms with E-state index in [9.17, 15) is 9.18 Å². The molecule has 1 saturated heterocycles. The Morgan fingerprint density at radius 2 is 2.23 bits per heavy atom. The topological polar surface area (TPSA) is 29.5 Å². The van der Waals surface area contributed by atoms with Crippen LogP contribution in [0.3, 0.4) is 0 Å². The highest BCUT2D eigenvalue weighted by Gasteiger charge is 2.23. The Hall–Kier alpha value is -1.42. The number of amides is 1. The smallest absolute Gasteiger partial charge is 0.222 e. The van der Waals surface area contributed by atoms with Gasteiger partial charge in [-0.2, -0.15) is 0 Å². The minimum absolute atomic E-state index is 0.176. The number of ether oxygens (including phenoxy) is 1. The molecule has 1 aromatic rings. The highest BCUT2D eigenvalue weighted by molar-refractivity contribution is 5.76. The van der Waals surface area contributed by atoms with E-state index in [2.05, 4.69) is 0 Å². The van der Waals surface area contributed by atoms with E-state index in [1.54, 1.807) is 12.1 Å². The number of hydrogen-bond donors (Lipinski definition) is 0. The van der Waals surface area contributed by atoms with Gasteiger partial charge in [0, 0.05) is 26.1 Å². The van der Waals surface area contributed by atoms with Crippen molar-refractivity contribution in [1.82, 2.24) is 4.90 Å². The van der Waals surface area contributed by atoms with E-state index in [0.717, 1.165) is 39.1 Å². The van der Waals surface area contributed by atoms with E-state index in [-0.39, 0.29) is 11.7 Å². The van der Waals surface area contributed by atoms with Crippen LogP contribution < -0.4 is 0 Å². The second-order valence-electron chi connectivity index (χ2n) is 5.95. The molecular weight excluding hydrogens is 281 g/mol. The van der Waals surface area contributed by atoms with E-state index in [0.29, 0.717) is 30.7 Å². The summed E-state index contributed by atoms with van der Waals surface area (Å²) in [6.07, 6.45) is 4.01. The second kappa shape index (κ2) is 8.89. The fraction of sp³-hybridized carbons (Fsp3) is 0.611. The van der Waals surface area contributed by atoms with E-state index < -0.39 is 0 Å². The number of aryl methyl sites for hydroxylation is 1. The molecule has 1 aliphatic rings. The summed E-state index contributed by atoms with van der Waals surface area (Å²) < 4.78 is 19.0. The summed E-state index contributed by atoms with van der Waals surface area (Å²) in [4.78, 5) is 14.2. The zero-order valence-corrected chi connectivity index (χ0v) is 13.4. The first-order valence-corrected chi connectivity index (χ1v) is 8.29. The van der Waals surface area contributed by atoms with Crippen LogP contribution in [0.1, 0.15) is 38.2 Å². The summed E-state index contributed by atoms with van der Waals surface area (Å²) in [5, 5.41) is 0. The first-order valence-electron chi connectivity index (χ1n) is 8.29. The molecule has 1 amide bonds. The van der Waals surface area contributed by atoms with Crippen molar-refractivity contribution in [2.24, 2.45) is 5.92 Å². The van der Waals surface area contributed by atoms with Crippen molar-refractivity contribution in [2.45, 2.75) is 39.0 Å². The summed E-state index contributed by atoms with van der Waals surface area (Å²) in [6, 6.07) is 6.79. The SMILES string of the molecule is CCOCC1CCCN(C(=O)CCCc2ccccc2F)C1. The first kappa shape index (κ1) is 16.9. The molecular formula is C18H26FNO2. The highest BCUT2D eigenvalue weighted by atomic mass is 19.1. The maximum Gasteiger partial charge on any atom is 0.222 e. The number of hydrogen-bond acceptors (Lipinski definition) is 2. The number of rotatable bonds is 7. The van der Waals surface area contributed by atoms with Crippen LogP contribution >= 0.6 is 0 Å². The van der Waals surface area contributed by atoms with Gasteiger partial charge in [0.15, 0.2) is 0 Å². The lowest BCUT2D eigenvalue weighted by atomic mass is 9.98. The highest BCUT2D eigenvalue weighted by Crippen LogP contribution is 2.18. The Morgan fingerprint density at radius 3 is 3.00 bits per heavy atom. The Morgan fingerprint density at radius 1 is 1.41 bits per heavy atom. The Labute approximate surface area is 132 Å². The van der Waals surface area contributed by atoms with Gasteiger partial charge in [-0.25, -0.2) is 4.39 Å². The molecule has 0 saturated carbocycles. The Kier molecular flexibility index (Phi) is 6.84. The first-order chi connectivity index (χ1) is 10.7. The van der Waals surface area contributed by atoms with E-state index in [1.165, 1.54) is 6.07 Å². The van der Waals surface area contributed by atoms with Crippen molar-refractivity contribution in [1.29, 1.82) is 0 Å². The third-order valence-electron chi connectivity index (χ3n) is 4.22. The fourth-order valence-electron chi connectivity index (χ4n) is 3.00. The normalized spacial score (nSPS) is 18.5. The van der Waals surface area contributed by atoms with Crippen LogP contribution in [-0.2, 0) is 16.0 Å². The zero-order chi connectivity index (χ0) is 15.8. The van der Waals surface area contributed by atoms with Crippen molar-refractivity contribution in [3.8, 4) is 0 Å². The molecule has 0 bridgehead atoms. The van der Waals surface area contributed by atoms with Gasteiger partial charge in [-0.1, -0.05) is 18.2 Å². The molecule has 0 spiro atoms. The molecule has 1 atom stereocenters. The summed E-state index contributed by atoms with van der Waals surface area (Å²) in [7, 11) is 0. The zero-order valence-electron chi connectivity index (χ0n) is 13.4. The number of likely N-dealkylation sites (tertiary alicyclic amines) is 1. The van der Waals surface area contributed by atoms with E-state index in [4.69, 9.17) is 4.74 Å². The summed E-state index contributed by atoms with van der Waals surface area (Å²) in [6.45, 7) is 5.12. The molecule has 4 heteroatoms. The maximum absolute atomic E-state index is 13.5. The van der Waals surface area contributed by atoms with Gasteiger partial charge in [0.25, 0.3) is 0 Å². The summed E-state index contributed by atoms with van der Waals surface area (Å²) in [5.74, 6) is 0.478. The molecule has 1 fully saturated rings. The van der Waals surface area contributed by atoms with Gasteiger partial charge in [0.05, 0.1) is 6.61 Å². The lowest BCUT2D eigenvalue weighted by Gasteiger charge is -2.32. The lowest BCUT2D eigenvalue weighted by Crippen LogP contribution is -2.41. The number of nitrogens with zero attached hydrogens (tertiary/aromatic N) is 1. The molecule has 2 rings (SSSR count). The van der Waals surface area contributed by atoms with Crippen molar-refractivity contribution >= 4 is 5.91 Å². The van der Waals surface area contributed by atoms with Crippen LogP contribution in [0.2, 0.25) is 0 Å². The standard InChI is InChI=1S/C18H26FNO2/c1-2-22-14-15-7-6-12-20(13-15)18(21)11-5-9-16-8-3-4-10-17(16)19/h3-4,8,10,15H,2,5-7,9,11-14H2,1H3. The van der Waals surface area contributed by atoms with Gasteiger partial charge in [-0.05, 0) is 50.2 Å². The molecule has 122 valence electrons. The van der Waals surface area contributed by atoms with Crippen molar-refractivity contribution < 1.29 is 13.9 Å². The van der Waals surface area contributed by atoms with Crippen LogP contribution in [0, 0.1) is 11.7 Å². The van der Waals surface area contributed by atoms with Crippen LogP contribution in [-0.4, -0.2) is 37.1 Å². The fourth-order valence-corrected chi connectivity index (χ4v) is 3.00. The summed E-state index contributed by atoms with van der Waals surface area (Å²) in [5.41, 5.74) is 0.697. The van der Waals surface area contributed by atoms with Crippen molar-refractivity contribution in [3.63, 3.8) is 0 Å². The van der Waals surface area contributed by atoms with E-state index >= 15 is 0 Å². The van der Waals surface area contributed by atoms with Crippen molar-refractivity contribution in [2.75, 3.05) is 26.3 Å². The molecule has 0 aliphatic carbocycles. The molecule has 0 aromatic heterocycles. The number of piperidine rings is 1. The molecule has 1 heterocycles. The third-order valence-corrected chi connectivity index (χ3v) is 4.22. The van der Waals surface area contributed by atoms with Crippen LogP contribution in [0.15, 0.2) is 24.3 Å². The molecule has 22 heavy (non-hydrogen) atoms. The minimum atomic E-state index is -0.176. The van der Waals surface area contributed by atoms with Gasteiger partial charge in [0.1, 0.15) is 5.82 Å². The van der Waals surface area contributed by atoms with Crippen LogP contribution in [0.4, 0.5) is 4.39 Å². The van der Waals surface area contributed by atoms with Gasteiger partial charge in [-0.3, -0.25) is 4.79 Å². The second-order valence-corrected chi connectivity index (χ2v) is 5.95. The number of halogens is 1. The number of carbonyl (C=O) groups excluding carboxylic acids is 1. The average molecular weight is 307 g/mol. The number of carbonyl (C=O) groups is 1. The van der Waals surface area contributed by atoms with Crippen LogP contribution in [0.5, 0.6) is 0 Å². The Bertz CT molecular complexity index is 478. The molecule has 0 radical (unpaired) electrons. The van der Waals surface area contributed by atoms with Crippen LogP contribution in [0.25, 0.3) is 0 Å². The van der Waals surface area contributed by atoms with E-state index in [1.807, 2.05) is 17.9 Å². The molecule has 1 aromatic carbocycles. The Balaban J connectivity index is 1.73. The monoisotopic (exact) mass is 307 g/mol. The number of benzene rings is 1. The molecule has 3 nitrogen and oxygen atoms in total. The van der Waals surface area contributed by atoms with Gasteiger partial charge in [0.2, 0.25) is 5.91 Å².